The van der Waals surface area contributed by atoms with Crippen molar-refractivity contribution in [1.29, 1.82) is 0 Å². The third-order valence-corrected chi connectivity index (χ3v) is 3.55. The van der Waals surface area contributed by atoms with E-state index in [0.717, 1.165) is 6.42 Å². The highest BCUT2D eigenvalue weighted by atomic mass is 32.1. The summed E-state index contributed by atoms with van der Waals surface area (Å²) in [6, 6.07) is 10.1. The second-order valence-corrected chi connectivity index (χ2v) is 4.93. The molecule has 1 aromatic heterocycles. The maximum absolute atomic E-state index is 11.9. The number of amides is 1. The molecule has 1 fully saturated rings. The largest absolute Gasteiger partial charge is 0.300 e. The lowest BCUT2D eigenvalue weighted by molar-refractivity contribution is -0.117. The van der Waals surface area contributed by atoms with E-state index in [0.29, 0.717) is 11.0 Å². The van der Waals surface area contributed by atoms with Crippen LogP contribution < -0.4 is 5.32 Å². The monoisotopic (exact) mass is 245 g/mol. The lowest BCUT2D eigenvalue weighted by Crippen LogP contribution is -2.14. The van der Waals surface area contributed by atoms with Gasteiger partial charge in [-0.2, -0.15) is 0 Å². The molecule has 1 aliphatic rings. The first-order chi connectivity index (χ1) is 8.34. The van der Waals surface area contributed by atoms with E-state index in [9.17, 15) is 4.79 Å². The Bertz CT molecular complexity index is 512. The fourth-order valence-electron chi connectivity index (χ4n) is 1.98. The summed E-state index contributed by atoms with van der Waals surface area (Å²) in [5.41, 5.74) is 2.85. The second-order valence-electron chi connectivity index (χ2n) is 4.09. The molecule has 2 aromatic rings. The third-order valence-electron chi connectivity index (χ3n) is 2.95. The molecule has 1 saturated carbocycles. The highest BCUT2D eigenvalue weighted by Gasteiger charge is 2.43. The Morgan fingerprint density at radius 2 is 2.18 bits per heavy atom. The van der Waals surface area contributed by atoms with Crippen LogP contribution in [0, 0.1) is 5.92 Å². The third kappa shape index (κ3) is 2.19. The normalized spacial score (nSPS) is 22.1. The van der Waals surface area contributed by atoms with E-state index in [2.05, 4.69) is 27.6 Å². The number of rotatable bonds is 3. The van der Waals surface area contributed by atoms with Gasteiger partial charge >= 0.3 is 0 Å². The van der Waals surface area contributed by atoms with E-state index < -0.39 is 0 Å². The molecule has 0 saturated heterocycles. The first kappa shape index (κ1) is 10.4. The topological polar surface area (TPSA) is 54.9 Å². The molecule has 1 N–H and O–H groups in total. The van der Waals surface area contributed by atoms with Crippen molar-refractivity contribution in [3.8, 4) is 0 Å². The van der Waals surface area contributed by atoms with Gasteiger partial charge in [-0.25, -0.2) is 0 Å². The van der Waals surface area contributed by atoms with Gasteiger partial charge in [0.05, 0.1) is 0 Å². The van der Waals surface area contributed by atoms with Gasteiger partial charge in [0.15, 0.2) is 0 Å². The lowest BCUT2D eigenvalue weighted by Gasteiger charge is -2.00. The van der Waals surface area contributed by atoms with Gasteiger partial charge in [0.2, 0.25) is 11.0 Å². The van der Waals surface area contributed by atoms with Gasteiger partial charge in [0, 0.05) is 5.92 Å². The standard InChI is InChI=1S/C12H11N3OS/c16-11(14-12-15-13-7-17-12)10-6-9(10)8-4-2-1-3-5-8/h1-5,7,9-10H,6H2,(H,14,15,16). The molecule has 5 heteroatoms. The summed E-state index contributed by atoms with van der Waals surface area (Å²) in [5.74, 6) is 0.501. The maximum Gasteiger partial charge on any atom is 0.229 e. The molecular formula is C12H11N3OS. The van der Waals surface area contributed by atoms with Crippen LogP contribution in [0.25, 0.3) is 0 Å². The molecule has 2 atom stereocenters. The van der Waals surface area contributed by atoms with Gasteiger partial charge in [-0.05, 0) is 17.9 Å². The molecule has 3 rings (SSSR count). The minimum absolute atomic E-state index is 0.0515. The molecule has 86 valence electrons. The summed E-state index contributed by atoms with van der Waals surface area (Å²) >= 11 is 1.34. The smallest absolute Gasteiger partial charge is 0.229 e. The molecule has 2 unspecified atom stereocenters. The molecule has 1 aliphatic carbocycles. The van der Waals surface area contributed by atoms with Gasteiger partial charge < -0.3 is 5.32 Å². The number of benzene rings is 1. The summed E-state index contributed by atoms with van der Waals surface area (Å²) in [6.45, 7) is 0. The van der Waals surface area contributed by atoms with Crippen LogP contribution in [-0.4, -0.2) is 16.1 Å². The van der Waals surface area contributed by atoms with Crippen molar-refractivity contribution < 1.29 is 4.79 Å². The predicted molar refractivity (Wildman–Crippen MR) is 65.8 cm³/mol. The average Bonchev–Trinajstić information content (AvgIpc) is 3.02. The minimum Gasteiger partial charge on any atom is -0.300 e. The van der Waals surface area contributed by atoms with Gasteiger partial charge in [0.1, 0.15) is 5.51 Å². The number of hydrogen-bond acceptors (Lipinski definition) is 4. The molecule has 1 aromatic carbocycles. The average molecular weight is 245 g/mol. The van der Waals surface area contributed by atoms with Gasteiger partial charge in [-0.1, -0.05) is 41.7 Å². The van der Waals surface area contributed by atoms with E-state index in [1.807, 2.05) is 18.2 Å². The quantitative estimate of drug-likeness (QED) is 0.902. The second kappa shape index (κ2) is 4.25. The van der Waals surface area contributed by atoms with Crippen LogP contribution in [0.2, 0.25) is 0 Å². The van der Waals surface area contributed by atoms with Crippen LogP contribution in [0.4, 0.5) is 5.13 Å². The molecule has 4 nitrogen and oxygen atoms in total. The van der Waals surface area contributed by atoms with Crippen LogP contribution in [0.3, 0.4) is 0 Å². The summed E-state index contributed by atoms with van der Waals surface area (Å²) in [6.07, 6.45) is 0.925. The Balaban J connectivity index is 1.63. The van der Waals surface area contributed by atoms with Crippen molar-refractivity contribution in [2.75, 3.05) is 5.32 Å². The zero-order chi connectivity index (χ0) is 11.7. The number of hydrogen-bond donors (Lipinski definition) is 1. The first-order valence-electron chi connectivity index (χ1n) is 5.46. The Labute approximate surface area is 103 Å². The van der Waals surface area contributed by atoms with Crippen LogP contribution in [0.15, 0.2) is 35.8 Å². The van der Waals surface area contributed by atoms with E-state index >= 15 is 0 Å². The summed E-state index contributed by atoms with van der Waals surface area (Å²) in [5, 5.41) is 10.9. The van der Waals surface area contributed by atoms with Crippen molar-refractivity contribution in [3.63, 3.8) is 0 Å². The molecule has 0 bridgehead atoms. The highest BCUT2D eigenvalue weighted by molar-refractivity contribution is 7.13. The van der Waals surface area contributed by atoms with Crippen molar-refractivity contribution >= 4 is 22.4 Å². The molecular weight excluding hydrogens is 234 g/mol. The van der Waals surface area contributed by atoms with E-state index in [1.165, 1.54) is 16.9 Å². The number of nitrogens with one attached hydrogen (secondary N) is 1. The molecule has 0 radical (unpaired) electrons. The van der Waals surface area contributed by atoms with Crippen LogP contribution in [0.1, 0.15) is 17.9 Å². The Kier molecular flexibility index (Phi) is 2.60. The first-order valence-corrected chi connectivity index (χ1v) is 6.34. The molecule has 0 spiro atoms. The van der Waals surface area contributed by atoms with Gasteiger partial charge in [-0.15, -0.1) is 10.2 Å². The molecule has 1 heterocycles. The Morgan fingerprint density at radius 3 is 2.88 bits per heavy atom. The summed E-state index contributed by atoms with van der Waals surface area (Å²) in [7, 11) is 0. The number of anilines is 1. The van der Waals surface area contributed by atoms with Crippen molar-refractivity contribution in [1.82, 2.24) is 10.2 Å². The molecule has 17 heavy (non-hydrogen) atoms. The zero-order valence-corrected chi connectivity index (χ0v) is 9.85. The van der Waals surface area contributed by atoms with Crippen LogP contribution in [0.5, 0.6) is 0 Å². The van der Waals surface area contributed by atoms with Crippen LogP contribution >= 0.6 is 11.3 Å². The number of aromatic nitrogens is 2. The number of carbonyl (C=O) groups is 1. The molecule has 1 amide bonds. The fraction of sp³-hybridized carbons (Fsp3) is 0.250. The summed E-state index contributed by atoms with van der Waals surface area (Å²) < 4.78 is 0. The van der Waals surface area contributed by atoms with E-state index in [-0.39, 0.29) is 11.8 Å². The van der Waals surface area contributed by atoms with E-state index in [4.69, 9.17) is 0 Å². The van der Waals surface area contributed by atoms with Gasteiger partial charge in [-0.3, -0.25) is 4.79 Å². The maximum atomic E-state index is 11.9. The van der Waals surface area contributed by atoms with Gasteiger partial charge in [0.25, 0.3) is 0 Å². The summed E-state index contributed by atoms with van der Waals surface area (Å²) in [4.78, 5) is 11.9. The van der Waals surface area contributed by atoms with Crippen molar-refractivity contribution in [3.05, 3.63) is 41.4 Å². The lowest BCUT2D eigenvalue weighted by atomic mass is 10.1. The number of carbonyl (C=O) groups excluding carboxylic acids is 1. The Morgan fingerprint density at radius 1 is 1.35 bits per heavy atom. The fourth-order valence-corrected chi connectivity index (χ4v) is 2.43. The number of nitrogens with zero attached hydrogens (tertiary/aromatic N) is 2. The SMILES string of the molecule is O=C(Nc1nncs1)C1CC1c1ccccc1. The highest BCUT2D eigenvalue weighted by Crippen LogP contribution is 2.47. The Hall–Kier alpha value is -1.75. The zero-order valence-electron chi connectivity index (χ0n) is 9.04. The van der Waals surface area contributed by atoms with Crippen LogP contribution in [-0.2, 0) is 4.79 Å². The van der Waals surface area contributed by atoms with Crippen molar-refractivity contribution in [2.24, 2.45) is 5.92 Å². The van der Waals surface area contributed by atoms with E-state index in [1.54, 1.807) is 5.51 Å². The minimum atomic E-state index is 0.0515. The predicted octanol–water partition coefficient (Wildman–Crippen LogP) is 2.28. The van der Waals surface area contributed by atoms with Crippen molar-refractivity contribution in [2.45, 2.75) is 12.3 Å². The molecule has 0 aliphatic heterocycles.